The fourth-order valence-electron chi connectivity index (χ4n) is 2.11. The molecule has 1 aliphatic heterocycles. The summed E-state index contributed by atoms with van der Waals surface area (Å²) in [7, 11) is 0. The number of hydrogen-bond acceptors (Lipinski definition) is 2. The second kappa shape index (κ2) is 5.27. The molecular weight excluding hydrogens is 219 g/mol. The molecule has 1 fully saturated rings. The summed E-state index contributed by atoms with van der Waals surface area (Å²) in [6.07, 6.45) is 1.82. The van der Waals surface area contributed by atoms with Crippen LogP contribution in [0, 0.1) is 5.82 Å². The molecule has 0 aromatic heterocycles. The van der Waals surface area contributed by atoms with Gasteiger partial charge in [-0.2, -0.15) is 0 Å². The van der Waals surface area contributed by atoms with E-state index in [-0.39, 0.29) is 23.8 Å². The fourth-order valence-corrected chi connectivity index (χ4v) is 2.11. The number of piperidine rings is 1. The molecule has 1 saturated heterocycles. The summed E-state index contributed by atoms with van der Waals surface area (Å²) in [4.78, 5) is 11.6. The molecule has 0 aliphatic carbocycles. The van der Waals surface area contributed by atoms with E-state index in [1.54, 1.807) is 6.07 Å². The molecular formula is C13H17FN2O. The topological polar surface area (TPSA) is 41.1 Å². The molecule has 2 rings (SSSR count). The van der Waals surface area contributed by atoms with E-state index in [1.807, 2.05) is 13.0 Å². The molecule has 0 bridgehead atoms. The predicted molar refractivity (Wildman–Crippen MR) is 64.0 cm³/mol. The minimum atomic E-state index is -0.246. The molecule has 2 atom stereocenters. The standard InChI is InChI=1S/C13H17FN2O/c1-9(10-4-2-5-11(14)8-10)16-12-6-3-7-15-13(12)17/h2,4-5,8-9,12,16H,3,6-7H2,1H3,(H,15,17). The number of amides is 1. The minimum Gasteiger partial charge on any atom is -0.355 e. The van der Waals surface area contributed by atoms with Gasteiger partial charge in [-0.25, -0.2) is 4.39 Å². The van der Waals surface area contributed by atoms with Gasteiger partial charge >= 0.3 is 0 Å². The van der Waals surface area contributed by atoms with Crippen LogP contribution in [0.2, 0.25) is 0 Å². The average Bonchev–Trinajstić information content (AvgIpc) is 2.32. The van der Waals surface area contributed by atoms with Crippen molar-refractivity contribution in [2.24, 2.45) is 0 Å². The van der Waals surface area contributed by atoms with Gasteiger partial charge in [0.1, 0.15) is 5.82 Å². The number of rotatable bonds is 3. The van der Waals surface area contributed by atoms with Gasteiger partial charge in [0.2, 0.25) is 5.91 Å². The van der Waals surface area contributed by atoms with Gasteiger partial charge in [-0.15, -0.1) is 0 Å². The van der Waals surface area contributed by atoms with Crippen molar-refractivity contribution in [1.29, 1.82) is 0 Å². The van der Waals surface area contributed by atoms with Crippen molar-refractivity contribution in [3.8, 4) is 0 Å². The largest absolute Gasteiger partial charge is 0.355 e. The van der Waals surface area contributed by atoms with Gasteiger partial charge in [-0.05, 0) is 37.5 Å². The highest BCUT2D eigenvalue weighted by molar-refractivity contribution is 5.82. The van der Waals surface area contributed by atoms with Crippen molar-refractivity contribution in [3.05, 3.63) is 35.6 Å². The molecule has 17 heavy (non-hydrogen) atoms. The summed E-state index contributed by atoms with van der Waals surface area (Å²) in [5.74, 6) is -0.205. The molecule has 2 N–H and O–H groups in total. The third-order valence-corrected chi connectivity index (χ3v) is 3.09. The maximum Gasteiger partial charge on any atom is 0.237 e. The molecule has 1 aromatic rings. The van der Waals surface area contributed by atoms with Crippen molar-refractivity contribution in [2.75, 3.05) is 6.54 Å². The van der Waals surface area contributed by atoms with Gasteiger partial charge in [0.15, 0.2) is 0 Å². The van der Waals surface area contributed by atoms with Crippen LogP contribution in [0.1, 0.15) is 31.4 Å². The van der Waals surface area contributed by atoms with Gasteiger partial charge in [0, 0.05) is 12.6 Å². The first-order valence-electron chi connectivity index (χ1n) is 5.96. The molecule has 1 heterocycles. The Morgan fingerprint density at radius 1 is 1.53 bits per heavy atom. The maximum absolute atomic E-state index is 13.1. The lowest BCUT2D eigenvalue weighted by molar-refractivity contribution is -0.124. The molecule has 4 heteroatoms. The maximum atomic E-state index is 13.1. The molecule has 0 saturated carbocycles. The number of halogens is 1. The fraction of sp³-hybridized carbons (Fsp3) is 0.462. The molecule has 0 radical (unpaired) electrons. The first kappa shape index (κ1) is 12.0. The SMILES string of the molecule is CC(NC1CCCNC1=O)c1cccc(F)c1. The Hall–Kier alpha value is -1.42. The van der Waals surface area contributed by atoms with Gasteiger partial charge in [-0.3, -0.25) is 10.1 Å². The Bertz CT molecular complexity index is 408. The average molecular weight is 236 g/mol. The highest BCUT2D eigenvalue weighted by atomic mass is 19.1. The lowest BCUT2D eigenvalue weighted by atomic mass is 10.0. The number of carbonyl (C=O) groups excluding carboxylic acids is 1. The second-order valence-electron chi connectivity index (χ2n) is 4.43. The van der Waals surface area contributed by atoms with E-state index >= 15 is 0 Å². The smallest absolute Gasteiger partial charge is 0.237 e. The number of nitrogens with one attached hydrogen (secondary N) is 2. The van der Waals surface area contributed by atoms with Crippen LogP contribution in [-0.2, 0) is 4.79 Å². The molecule has 0 spiro atoms. The number of hydrogen-bond donors (Lipinski definition) is 2. The summed E-state index contributed by atoms with van der Waals surface area (Å²) in [5.41, 5.74) is 0.864. The highest BCUT2D eigenvalue weighted by Gasteiger charge is 2.23. The second-order valence-corrected chi connectivity index (χ2v) is 4.43. The molecule has 92 valence electrons. The molecule has 1 aromatic carbocycles. The summed E-state index contributed by atoms with van der Waals surface area (Å²) in [5, 5.41) is 6.06. The predicted octanol–water partition coefficient (Wildman–Crippen LogP) is 1.75. The quantitative estimate of drug-likeness (QED) is 0.839. The van der Waals surface area contributed by atoms with Gasteiger partial charge in [0.25, 0.3) is 0 Å². The van der Waals surface area contributed by atoms with Crippen LogP contribution < -0.4 is 10.6 Å². The Morgan fingerprint density at radius 3 is 3.06 bits per heavy atom. The summed E-state index contributed by atoms with van der Waals surface area (Å²) >= 11 is 0. The van der Waals surface area contributed by atoms with Crippen molar-refractivity contribution >= 4 is 5.91 Å². The Morgan fingerprint density at radius 2 is 2.35 bits per heavy atom. The van der Waals surface area contributed by atoms with Gasteiger partial charge < -0.3 is 5.32 Å². The number of carbonyl (C=O) groups is 1. The number of benzene rings is 1. The third kappa shape index (κ3) is 3.03. The van der Waals surface area contributed by atoms with Crippen molar-refractivity contribution in [2.45, 2.75) is 31.8 Å². The van der Waals surface area contributed by atoms with E-state index in [9.17, 15) is 9.18 Å². The van der Waals surface area contributed by atoms with E-state index < -0.39 is 0 Å². The highest BCUT2D eigenvalue weighted by Crippen LogP contribution is 2.16. The first-order chi connectivity index (χ1) is 8.16. The molecule has 2 unspecified atom stereocenters. The van der Waals surface area contributed by atoms with Crippen LogP contribution in [0.15, 0.2) is 24.3 Å². The normalized spacial score (nSPS) is 22.0. The first-order valence-corrected chi connectivity index (χ1v) is 5.96. The van der Waals surface area contributed by atoms with E-state index in [4.69, 9.17) is 0 Å². The zero-order valence-corrected chi connectivity index (χ0v) is 9.87. The van der Waals surface area contributed by atoms with Crippen LogP contribution in [0.25, 0.3) is 0 Å². The van der Waals surface area contributed by atoms with Gasteiger partial charge in [-0.1, -0.05) is 12.1 Å². The molecule has 3 nitrogen and oxygen atoms in total. The summed E-state index contributed by atoms with van der Waals surface area (Å²) in [6.45, 7) is 2.70. The molecule has 1 amide bonds. The third-order valence-electron chi connectivity index (χ3n) is 3.09. The van der Waals surface area contributed by atoms with E-state index in [1.165, 1.54) is 12.1 Å². The zero-order chi connectivity index (χ0) is 12.3. The van der Waals surface area contributed by atoms with E-state index in [0.717, 1.165) is 24.9 Å². The lowest BCUT2D eigenvalue weighted by Gasteiger charge is -2.26. The van der Waals surface area contributed by atoms with E-state index in [2.05, 4.69) is 10.6 Å². The van der Waals surface area contributed by atoms with Crippen LogP contribution >= 0.6 is 0 Å². The van der Waals surface area contributed by atoms with Crippen molar-refractivity contribution in [3.63, 3.8) is 0 Å². The van der Waals surface area contributed by atoms with Crippen LogP contribution in [-0.4, -0.2) is 18.5 Å². The minimum absolute atomic E-state index is 0.0282. The lowest BCUT2D eigenvalue weighted by Crippen LogP contribution is -2.48. The summed E-state index contributed by atoms with van der Waals surface area (Å²) < 4.78 is 13.1. The summed E-state index contributed by atoms with van der Waals surface area (Å²) in [6, 6.07) is 6.27. The van der Waals surface area contributed by atoms with Crippen molar-refractivity contribution < 1.29 is 9.18 Å². The van der Waals surface area contributed by atoms with Crippen LogP contribution in [0.5, 0.6) is 0 Å². The van der Waals surface area contributed by atoms with Crippen molar-refractivity contribution in [1.82, 2.24) is 10.6 Å². The Balaban J connectivity index is 2.00. The zero-order valence-electron chi connectivity index (χ0n) is 9.87. The van der Waals surface area contributed by atoms with Gasteiger partial charge in [0.05, 0.1) is 6.04 Å². The Labute approximate surface area is 100 Å². The Kier molecular flexibility index (Phi) is 3.74. The monoisotopic (exact) mass is 236 g/mol. The molecule has 1 aliphatic rings. The van der Waals surface area contributed by atoms with Crippen LogP contribution in [0.3, 0.4) is 0 Å². The van der Waals surface area contributed by atoms with E-state index in [0.29, 0.717) is 0 Å². The van der Waals surface area contributed by atoms with Crippen LogP contribution in [0.4, 0.5) is 4.39 Å².